The molecule has 0 N–H and O–H groups in total. The first-order chi connectivity index (χ1) is 15.8. The molecule has 0 aromatic heterocycles. The van der Waals surface area contributed by atoms with Crippen LogP contribution in [0.5, 0.6) is 0 Å². The molecule has 2 aliphatic rings. The lowest BCUT2D eigenvalue weighted by Crippen LogP contribution is -2.59. The van der Waals surface area contributed by atoms with Crippen LogP contribution in [-0.2, 0) is 34.6 Å². The molecule has 1 aliphatic carbocycles. The Kier molecular flexibility index (Phi) is 7.34. The molecule has 2 unspecified atom stereocenters. The average Bonchev–Trinajstić information content (AvgIpc) is 3.08. The Morgan fingerprint density at radius 2 is 1.97 bits per heavy atom. The smallest absolute Gasteiger partial charge is 0.419 e. The van der Waals surface area contributed by atoms with E-state index in [1.54, 1.807) is 26.8 Å². The van der Waals surface area contributed by atoms with E-state index in [0.29, 0.717) is 0 Å². The van der Waals surface area contributed by atoms with Crippen molar-refractivity contribution >= 4 is 27.9 Å². The van der Waals surface area contributed by atoms with Gasteiger partial charge in [0.15, 0.2) is 0 Å². The second-order valence-corrected chi connectivity index (χ2v) is 11.3. The quantitative estimate of drug-likeness (QED) is 0.436. The molecule has 34 heavy (non-hydrogen) atoms. The van der Waals surface area contributed by atoms with Crippen LogP contribution in [0.4, 0.5) is 9.18 Å². The molecule has 1 aliphatic heterocycles. The van der Waals surface area contributed by atoms with E-state index in [0.717, 1.165) is 9.21 Å². The van der Waals surface area contributed by atoms with Crippen molar-refractivity contribution in [3.63, 3.8) is 0 Å². The highest BCUT2D eigenvalue weighted by Crippen LogP contribution is 2.48. The maximum Gasteiger partial charge on any atom is 0.419 e. The number of carbonyl (C=O) groups excluding carboxylic acids is 2. The summed E-state index contributed by atoms with van der Waals surface area (Å²) >= 11 is 0. The zero-order valence-corrected chi connectivity index (χ0v) is 20.7. The van der Waals surface area contributed by atoms with Crippen molar-refractivity contribution in [2.24, 2.45) is 4.99 Å². The van der Waals surface area contributed by atoms with Crippen LogP contribution in [0.15, 0.2) is 29.3 Å². The van der Waals surface area contributed by atoms with E-state index in [1.807, 2.05) is 0 Å². The number of amides is 1. The molecule has 12 heteroatoms. The van der Waals surface area contributed by atoms with Gasteiger partial charge in [0, 0.05) is 32.6 Å². The molecular weight excluding hydrogens is 469 g/mol. The molecule has 1 heterocycles. The molecule has 2 atom stereocenters. The molecule has 1 saturated carbocycles. The number of aliphatic imine (C=N–C) groups is 1. The number of guanidine groups is 1. The predicted octanol–water partition coefficient (Wildman–Crippen LogP) is 2.24. The topological polar surface area (TPSA) is 115 Å². The summed E-state index contributed by atoms with van der Waals surface area (Å²) < 4.78 is 58.8. The molecule has 0 radical (unpaired) electrons. The number of hydrogen-bond donors (Lipinski definition) is 0. The number of rotatable bonds is 6. The number of ketones is 1. The Morgan fingerprint density at radius 1 is 1.29 bits per heavy atom. The lowest BCUT2D eigenvalue weighted by molar-refractivity contribution is -0.117. The van der Waals surface area contributed by atoms with Gasteiger partial charge in [0.05, 0.1) is 13.2 Å². The molecular formula is C22H30FN3O7S. The molecule has 10 nitrogen and oxygen atoms in total. The predicted molar refractivity (Wildman–Crippen MR) is 121 cm³/mol. The van der Waals surface area contributed by atoms with Crippen LogP contribution in [0, 0.1) is 5.82 Å². The Morgan fingerprint density at radius 3 is 2.59 bits per heavy atom. The normalized spacial score (nSPS) is 23.9. The van der Waals surface area contributed by atoms with Crippen molar-refractivity contribution in [3.8, 4) is 0 Å². The molecule has 1 aromatic rings. The third-order valence-electron chi connectivity index (χ3n) is 5.58. The number of Topliss-reactive ketones (excluding diaryl/α,β-unsaturated/α-hetero) is 1. The number of ether oxygens (including phenoxy) is 3. The van der Waals surface area contributed by atoms with E-state index in [9.17, 15) is 22.4 Å². The Labute approximate surface area is 198 Å². The standard InChI is InChI=1S/C22H30FN3O7S/c1-21(2,3)33-20(28)26(14-32-11-10-31-5)19-24-22(16-8-6-7-9-17(16)23)13-15(27)12-18(22)34(29,30)25(19)4/h6-9,18H,10-14H2,1-5H3. The summed E-state index contributed by atoms with van der Waals surface area (Å²) in [5, 5.41) is -1.31. The Balaban J connectivity index is 2.18. The van der Waals surface area contributed by atoms with Crippen molar-refractivity contribution in [1.29, 1.82) is 0 Å². The summed E-state index contributed by atoms with van der Waals surface area (Å²) in [6.07, 6.45) is -1.53. The second kappa shape index (κ2) is 9.59. The molecule has 188 valence electrons. The number of fused-ring (bicyclic) bond motifs is 1. The second-order valence-electron chi connectivity index (χ2n) is 9.18. The zero-order valence-electron chi connectivity index (χ0n) is 19.9. The van der Waals surface area contributed by atoms with E-state index in [2.05, 4.69) is 4.99 Å². The largest absolute Gasteiger partial charge is 0.443 e. The monoisotopic (exact) mass is 499 g/mol. The lowest BCUT2D eigenvalue weighted by atomic mass is 9.88. The van der Waals surface area contributed by atoms with Gasteiger partial charge in [0.1, 0.15) is 34.7 Å². The fourth-order valence-electron chi connectivity index (χ4n) is 4.06. The summed E-state index contributed by atoms with van der Waals surface area (Å²) in [7, 11) is -1.50. The maximum absolute atomic E-state index is 14.9. The van der Waals surface area contributed by atoms with Crippen molar-refractivity contribution in [3.05, 3.63) is 35.6 Å². The number of nitrogens with zero attached hydrogens (tertiary/aromatic N) is 3. The van der Waals surface area contributed by atoms with Gasteiger partial charge in [-0.1, -0.05) is 18.2 Å². The maximum atomic E-state index is 14.9. The van der Waals surface area contributed by atoms with Crippen molar-refractivity contribution < 1.29 is 36.6 Å². The molecule has 0 bridgehead atoms. The van der Waals surface area contributed by atoms with E-state index >= 15 is 0 Å². The molecule has 3 rings (SSSR count). The minimum Gasteiger partial charge on any atom is -0.443 e. The van der Waals surface area contributed by atoms with Gasteiger partial charge in [0.2, 0.25) is 16.0 Å². The summed E-state index contributed by atoms with van der Waals surface area (Å²) in [5.74, 6) is -1.37. The first-order valence-electron chi connectivity index (χ1n) is 10.7. The van der Waals surface area contributed by atoms with Gasteiger partial charge in [-0.15, -0.1) is 0 Å². The minimum absolute atomic E-state index is 0.0236. The summed E-state index contributed by atoms with van der Waals surface area (Å²) in [6.45, 7) is 4.92. The SMILES string of the molecule is COCCOCN(C(=O)OC(C)(C)C)C1=NC2(c3ccccc3F)CC(=O)CC2S(=O)(=O)N1C. The van der Waals surface area contributed by atoms with Crippen LogP contribution in [0.1, 0.15) is 39.2 Å². The van der Waals surface area contributed by atoms with Crippen LogP contribution >= 0.6 is 0 Å². The highest BCUT2D eigenvalue weighted by Gasteiger charge is 2.60. The van der Waals surface area contributed by atoms with Gasteiger partial charge < -0.3 is 14.2 Å². The average molecular weight is 500 g/mol. The van der Waals surface area contributed by atoms with Crippen LogP contribution in [0.2, 0.25) is 0 Å². The lowest BCUT2D eigenvalue weighted by Gasteiger charge is -2.42. The molecule has 1 fully saturated rings. The van der Waals surface area contributed by atoms with Gasteiger partial charge in [-0.05, 0) is 26.8 Å². The summed E-state index contributed by atoms with van der Waals surface area (Å²) in [6, 6.07) is 5.61. The Bertz CT molecular complexity index is 1090. The third kappa shape index (κ3) is 4.93. The summed E-state index contributed by atoms with van der Waals surface area (Å²) in [4.78, 5) is 31.1. The van der Waals surface area contributed by atoms with E-state index in [4.69, 9.17) is 14.2 Å². The number of sulfonamides is 1. The number of carbonyl (C=O) groups is 2. The van der Waals surface area contributed by atoms with Gasteiger partial charge in [-0.2, -0.15) is 0 Å². The molecule has 1 amide bonds. The molecule has 1 aromatic carbocycles. The number of halogens is 1. The highest BCUT2D eigenvalue weighted by molar-refractivity contribution is 7.90. The van der Waals surface area contributed by atoms with Gasteiger partial charge >= 0.3 is 6.09 Å². The van der Waals surface area contributed by atoms with E-state index in [1.165, 1.54) is 32.4 Å². The van der Waals surface area contributed by atoms with Gasteiger partial charge in [0.25, 0.3) is 0 Å². The number of methoxy groups -OCH3 is 1. The summed E-state index contributed by atoms with van der Waals surface area (Å²) in [5.41, 5.74) is -2.65. The van der Waals surface area contributed by atoms with Crippen molar-refractivity contribution in [2.45, 2.75) is 50.0 Å². The molecule has 0 spiro atoms. The third-order valence-corrected chi connectivity index (χ3v) is 7.78. The fourth-order valence-corrected chi connectivity index (χ4v) is 5.96. The first-order valence-corrected chi connectivity index (χ1v) is 12.3. The van der Waals surface area contributed by atoms with Gasteiger partial charge in [-0.25, -0.2) is 31.8 Å². The van der Waals surface area contributed by atoms with Crippen molar-refractivity contribution in [2.75, 3.05) is 34.1 Å². The molecule has 0 saturated heterocycles. The van der Waals surface area contributed by atoms with Gasteiger partial charge in [-0.3, -0.25) is 4.79 Å². The number of hydrogen-bond acceptors (Lipinski definition) is 8. The first kappa shape index (κ1) is 26.0. The van der Waals surface area contributed by atoms with Crippen LogP contribution < -0.4 is 0 Å². The minimum atomic E-state index is -4.22. The number of benzene rings is 1. The highest BCUT2D eigenvalue weighted by atomic mass is 32.2. The van der Waals surface area contributed by atoms with E-state index in [-0.39, 0.29) is 43.4 Å². The fraction of sp³-hybridized carbons (Fsp3) is 0.591. The zero-order chi connectivity index (χ0) is 25.3. The van der Waals surface area contributed by atoms with Crippen LogP contribution in [-0.4, -0.2) is 80.4 Å². The van der Waals surface area contributed by atoms with Crippen molar-refractivity contribution in [1.82, 2.24) is 9.21 Å². The van der Waals surface area contributed by atoms with E-state index < -0.39 is 45.1 Å². The van der Waals surface area contributed by atoms with Crippen LogP contribution in [0.3, 0.4) is 0 Å². The Hall–Kier alpha value is -2.57. The van der Waals surface area contributed by atoms with Crippen LogP contribution in [0.25, 0.3) is 0 Å².